The van der Waals surface area contributed by atoms with Crippen LogP contribution in [0.1, 0.15) is 35.2 Å². The maximum absolute atomic E-state index is 13.6. The Hall–Kier alpha value is -2.95. The SMILES string of the molecule is COc1ccc2c3c(c4cc(OC)c(OC)cc4c2c1)CC1CCCCN1C3=O. The van der Waals surface area contributed by atoms with Gasteiger partial charge in [0.1, 0.15) is 5.75 Å². The third-order valence-corrected chi connectivity index (χ3v) is 6.48. The molecule has 0 bridgehead atoms. The number of ether oxygens (including phenoxy) is 3. The molecule has 1 atom stereocenters. The first-order valence-corrected chi connectivity index (χ1v) is 10.2. The van der Waals surface area contributed by atoms with E-state index in [1.807, 2.05) is 30.3 Å². The van der Waals surface area contributed by atoms with Crippen LogP contribution in [0.2, 0.25) is 0 Å². The highest BCUT2D eigenvalue weighted by atomic mass is 16.5. The summed E-state index contributed by atoms with van der Waals surface area (Å²) in [5, 5.41) is 4.11. The van der Waals surface area contributed by atoms with E-state index in [9.17, 15) is 4.79 Å². The van der Waals surface area contributed by atoms with Crippen molar-refractivity contribution in [2.45, 2.75) is 31.7 Å². The standard InChI is InChI=1S/C24H25NO4/c1-27-15-7-8-16-17(11-15)18-12-21(28-2)22(29-3)13-19(18)20-10-14-6-4-5-9-25(14)24(26)23(16)20/h7-8,11-14H,4-6,9-10H2,1-3H3. The molecule has 29 heavy (non-hydrogen) atoms. The van der Waals surface area contributed by atoms with Crippen molar-refractivity contribution in [3.8, 4) is 17.2 Å². The zero-order valence-electron chi connectivity index (χ0n) is 17.1. The van der Waals surface area contributed by atoms with Crippen LogP contribution >= 0.6 is 0 Å². The fourth-order valence-corrected chi connectivity index (χ4v) is 5.06. The molecule has 0 spiro atoms. The van der Waals surface area contributed by atoms with Gasteiger partial charge in [0.05, 0.1) is 26.9 Å². The van der Waals surface area contributed by atoms with Gasteiger partial charge in [-0.05, 0) is 83.1 Å². The summed E-state index contributed by atoms with van der Waals surface area (Å²) in [6.07, 6.45) is 4.22. The number of hydrogen-bond acceptors (Lipinski definition) is 4. The zero-order chi connectivity index (χ0) is 20.1. The van der Waals surface area contributed by atoms with Crippen LogP contribution in [0.4, 0.5) is 0 Å². The lowest BCUT2D eigenvalue weighted by Gasteiger charge is -2.41. The molecule has 1 amide bonds. The van der Waals surface area contributed by atoms with Gasteiger partial charge in [-0.25, -0.2) is 0 Å². The minimum Gasteiger partial charge on any atom is -0.497 e. The van der Waals surface area contributed by atoms with Gasteiger partial charge in [0, 0.05) is 12.6 Å². The van der Waals surface area contributed by atoms with Crippen LogP contribution in [0.15, 0.2) is 30.3 Å². The lowest BCUT2D eigenvalue weighted by Crippen LogP contribution is -2.48. The average Bonchev–Trinajstić information content (AvgIpc) is 2.77. The number of amides is 1. The predicted octanol–water partition coefficient (Wildman–Crippen LogP) is 4.57. The number of fused-ring (bicyclic) bond motifs is 7. The summed E-state index contributed by atoms with van der Waals surface area (Å²) >= 11 is 0. The topological polar surface area (TPSA) is 48.0 Å². The van der Waals surface area contributed by atoms with Crippen molar-refractivity contribution in [2.75, 3.05) is 27.9 Å². The highest BCUT2D eigenvalue weighted by Gasteiger charge is 2.36. The van der Waals surface area contributed by atoms with Gasteiger partial charge >= 0.3 is 0 Å². The van der Waals surface area contributed by atoms with Crippen molar-refractivity contribution in [1.82, 2.24) is 4.90 Å². The number of carbonyl (C=O) groups is 1. The van der Waals surface area contributed by atoms with E-state index in [1.54, 1.807) is 21.3 Å². The molecule has 0 aromatic heterocycles. The van der Waals surface area contributed by atoms with E-state index in [-0.39, 0.29) is 11.9 Å². The van der Waals surface area contributed by atoms with Gasteiger partial charge in [-0.3, -0.25) is 4.79 Å². The molecule has 1 fully saturated rings. The molecule has 5 heteroatoms. The summed E-state index contributed by atoms with van der Waals surface area (Å²) in [5.74, 6) is 2.30. The predicted molar refractivity (Wildman–Crippen MR) is 113 cm³/mol. The Kier molecular flexibility index (Phi) is 4.26. The van der Waals surface area contributed by atoms with Crippen LogP contribution < -0.4 is 14.2 Å². The van der Waals surface area contributed by atoms with Crippen LogP contribution in [-0.2, 0) is 6.42 Å². The molecular weight excluding hydrogens is 366 g/mol. The Labute approximate surface area is 170 Å². The maximum atomic E-state index is 13.6. The number of carbonyl (C=O) groups excluding carboxylic acids is 1. The molecule has 0 radical (unpaired) electrons. The molecule has 2 aliphatic rings. The molecule has 0 N–H and O–H groups in total. The van der Waals surface area contributed by atoms with Gasteiger partial charge in [-0.15, -0.1) is 0 Å². The zero-order valence-corrected chi connectivity index (χ0v) is 17.1. The summed E-state index contributed by atoms with van der Waals surface area (Å²) < 4.78 is 16.6. The lowest BCUT2D eigenvalue weighted by atomic mass is 9.82. The van der Waals surface area contributed by atoms with E-state index in [1.165, 1.54) is 6.42 Å². The van der Waals surface area contributed by atoms with Crippen molar-refractivity contribution in [3.05, 3.63) is 41.5 Å². The minimum atomic E-state index is 0.155. The lowest BCUT2D eigenvalue weighted by molar-refractivity contribution is 0.0586. The van der Waals surface area contributed by atoms with Gasteiger partial charge in [0.2, 0.25) is 0 Å². The molecule has 0 aliphatic carbocycles. The number of nitrogens with zero attached hydrogens (tertiary/aromatic N) is 1. The number of methoxy groups -OCH3 is 3. The summed E-state index contributed by atoms with van der Waals surface area (Å²) in [6, 6.07) is 10.3. The molecule has 150 valence electrons. The number of piperidine rings is 1. The Morgan fingerprint density at radius 2 is 1.59 bits per heavy atom. The Morgan fingerprint density at radius 3 is 2.31 bits per heavy atom. The Balaban J connectivity index is 1.90. The van der Waals surface area contributed by atoms with Crippen LogP contribution in [0, 0.1) is 0 Å². The summed E-state index contributed by atoms with van der Waals surface area (Å²) in [7, 11) is 4.96. The first-order valence-electron chi connectivity index (χ1n) is 10.2. The normalized spacial score (nSPS) is 18.5. The van der Waals surface area contributed by atoms with Gasteiger partial charge < -0.3 is 19.1 Å². The molecule has 2 aliphatic heterocycles. The highest BCUT2D eigenvalue weighted by Crippen LogP contribution is 2.44. The van der Waals surface area contributed by atoms with Crippen molar-refractivity contribution in [3.63, 3.8) is 0 Å². The van der Waals surface area contributed by atoms with E-state index in [0.717, 1.165) is 64.2 Å². The van der Waals surface area contributed by atoms with Crippen molar-refractivity contribution in [1.29, 1.82) is 0 Å². The Morgan fingerprint density at radius 1 is 0.862 bits per heavy atom. The second kappa shape index (κ2) is 6.83. The number of hydrogen-bond donors (Lipinski definition) is 0. The van der Waals surface area contributed by atoms with Crippen LogP contribution in [0.3, 0.4) is 0 Å². The molecule has 5 nitrogen and oxygen atoms in total. The summed E-state index contributed by atoms with van der Waals surface area (Å²) in [4.78, 5) is 15.7. The molecule has 0 saturated carbocycles. The quantitative estimate of drug-likeness (QED) is 0.614. The van der Waals surface area contributed by atoms with Crippen molar-refractivity contribution >= 4 is 27.5 Å². The first kappa shape index (κ1) is 18.1. The molecule has 2 heterocycles. The maximum Gasteiger partial charge on any atom is 0.255 e. The Bertz CT molecular complexity index is 1140. The molecular formula is C24H25NO4. The van der Waals surface area contributed by atoms with Crippen LogP contribution in [0.25, 0.3) is 21.5 Å². The van der Waals surface area contributed by atoms with Crippen molar-refractivity contribution in [2.24, 2.45) is 0 Å². The smallest absolute Gasteiger partial charge is 0.255 e. The van der Waals surface area contributed by atoms with Crippen molar-refractivity contribution < 1.29 is 19.0 Å². The van der Waals surface area contributed by atoms with Gasteiger partial charge in [-0.1, -0.05) is 0 Å². The van der Waals surface area contributed by atoms with E-state index in [4.69, 9.17) is 14.2 Å². The molecule has 1 saturated heterocycles. The summed E-state index contributed by atoms with van der Waals surface area (Å²) in [5.41, 5.74) is 1.97. The average molecular weight is 391 g/mol. The second-order valence-corrected chi connectivity index (χ2v) is 7.87. The monoisotopic (exact) mass is 391 g/mol. The van der Waals surface area contributed by atoms with E-state index < -0.39 is 0 Å². The third kappa shape index (κ3) is 2.64. The summed E-state index contributed by atoms with van der Waals surface area (Å²) in [6.45, 7) is 0.852. The number of rotatable bonds is 3. The molecule has 3 aromatic carbocycles. The van der Waals surface area contributed by atoms with Crippen LogP contribution in [0.5, 0.6) is 17.2 Å². The molecule has 5 rings (SSSR count). The second-order valence-electron chi connectivity index (χ2n) is 7.87. The van der Waals surface area contributed by atoms with E-state index >= 15 is 0 Å². The van der Waals surface area contributed by atoms with Crippen LogP contribution in [-0.4, -0.2) is 44.7 Å². The van der Waals surface area contributed by atoms with Gasteiger partial charge in [0.25, 0.3) is 5.91 Å². The third-order valence-electron chi connectivity index (χ3n) is 6.48. The number of benzene rings is 3. The first-order chi connectivity index (χ1) is 14.2. The van der Waals surface area contributed by atoms with E-state index in [2.05, 4.69) is 4.90 Å². The fraction of sp³-hybridized carbons (Fsp3) is 0.375. The molecule has 3 aromatic rings. The van der Waals surface area contributed by atoms with Gasteiger partial charge in [0.15, 0.2) is 11.5 Å². The van der Waals surface area contributed by atoms with Gasteiger partial charge in [-0.2, -0.15) is 0 Å². The highest BCUT2D eigenvalue weighted by molar-refractivity contribution is 6.20. The minimum absolute atomic E-state index is 0.155. The van der Waals surface area contributed by atoms with E-state index in [0.29, 0.717) is 11.5 Å². The fourth-order valence-electron chi connectivity index (χ4n) is 5.06. The molecule has 1 unspecified atom stereocenters. The largest absolute Gasteiger partial charge is 0.497 e.